The number of likely N-dealkylation sites (N-methyl/N-ethyl adjacent to an activating group) is 1. The largest absolute Gasteiger partial charge is 0.497 e. The fourth-order valence-corrected chi connectivity index (χ4v) is 2.80. The predicted octanol–water partition coefficient (Wildman–Crippen LogP) is 4.25. The van der Waals surface area contributed by atoms with Crippen LogP contribution in [-0.4, -0.2) is 31.1 Å². The molecule has 0 saturated heterocycles. The Labute approximate surface area is 150 Å². The molecule has 2 aromatic carbocycles. The first-order valence-electron chi connectivity index (χ1n) is 8.74. The highest BCUT2D eigenvalue weighted by atomic mass is 16.5. The van der Waals surface area contributed by atoms with Crippen molar-refractivity contribution in [2.45, 2.75) is 33.2 Å². The van der Waals surface area contributed by atoms with Gasteiger partial charge in [0.2, 0.25) is 0 Å². The van der Waals surface area contributed by atoms with Crippen molar-refractivity contribution in [3.8, 4) is 11.5 Å². The normalized spacial score (nSPS) is 11.7. The SMILES string of the molecule is CCc1ccc(OCC(=O)N(CC)C(C)c2cccc(OC)c2)cc1. The Bertz CT molecular complexity index is 682. The molecule has 0 radical (unpaired) electrons. The fraction of sp³-hybridized carbons (Fsp3) is 0.381. The van der Waals surface area contributed by atoms with Crippen molar-refractivity contribution < 1.29 is 14.3 Å². The van der Waals surface area contributed by atoms with Gasteiger partial charge in [0, 0.05) is 6.54 Å². The van der Waals surface area contributed by atoms with Crippen LogP contribution in [0.4, 0.5) is 0 Å². The summed E-state index contributed by atoms with van der Waals surface area (Å²) in [7, 11) is 1.64. The molecule has 0 aliphatic heterocycles. The van der Waals surface area contributed by atoms with Crippen LogP contribution in [0.15, 0.2) is 48.5 Å². The first kappa shape index (κ1) is 18.8. The van der Waals surface area contributed by atoms with Crippen LogP contribution >= 0.6 is 0 Å². The summed E-state index contributed by atoms with van der Waals surface area (Å²) in [6.45, 7) is 6.76. The summed E-state index contributed by atoms with van der Waals surface area (Å²) in [6.07, 6.45) is 0.987. The van der Waals surface area contributed by atoms with Crippen molar-refractivity contribution >= 4 is 5.91 Å². The third-order valence-electron chi connectivity index (χ3n) is 4.40. The van der Waals surface area contributed by atoms with Gasteiger partial charge in [0.05, 0.1) is 13.2 Å². The number of aryl methyl sites for hydroxylation is 1. The van der Waals surface area contributed by atoms with E-state index in [4.69, 9.17) is 9.47 Å². The Hall–Kier alpha value is -2.49. The molecule has 0 aromatic heterocycles. The Morgan fingerprint density at radius 1 is 1.08 bits per heavy atom. The summed E-state index contributed by atoms with van der Waals surface area (Å²) in [6, 6.07) is 15.6. The molecule has 0 aliphatic carbocycles. The average Bonchev–Trinajstić information content (AvgIpc) is 2.67. The quantitative estimate of drug-likeness (QED) is 0.721. The molecule has 0 fully saturated rings. The Kier molecular flexibility index (Phi) is 6.87. The molecular formula is C21H27NO3. The zero-order valence-electron chi connectivity index (χ0n) is 15.5. The molecule has 25 heavy (non-hydrogen) atoms. The van der Waals surface area contributed by atoms with Gasteiger partial charge in [-0.2, -0.15) is 0 Å². The van der Waals surface area contributed by atoms with Gasteiger partial charge >= 0.3 is 0 Å². The number of amides is 1. The van der Waals surface area contributed by atoms with Gasteiger partial charge in [-0.05, 0) is 55.7 Å². The molecular weight excluding hydrogens is 314 g/mol. The molecule has 2 aromatic rings. The second-order valence-corrected chi connectivity index (χ2v) is 5.92. The number of hydrogen-bond donors (Lipinski definition) is 0. The van der Waals surface area contributed by atoms with Crippen molar-refractivity contribution in [2.75, 3.05) is 20.3 Å². The first-order chi connectivity index (χ1) is 12.1. The Balaban J connectivity index is 2.01. The molecule has 1 atom stereocenters. The fourth-order valence-electron chi connectivity index (χ4n) is 2.80. The van der Waals surface area contributed by atoms with Gasteiger partial charge in [0.15, 0.2) is 6.61 Å². The zero-order valence-corrected chi connectivity index (χ0v) is 15.5. The van der Waals surface area contributed by atoms with Gasteiger partial charge in [0.25, 0.3) is 5.91 Å². The zero-order chi connectivity index (χ0) is 18.2. The molecule has 0 aliphatic rings. The second-order valence-electron chi connectivity index (χ2n) is 5.92. The van der Waals surface area contributed by atoms with E-state index in [1.54, 1.807) is 7.11 Å². The lowest BCUT2D eigenvalue weighted by molar-refractivity contribution is -0.135. The van der Waals surface area contributed by atoms with E-state index in [-0.39, 0.29) is 18.6 Å². The van der Waals surface area contributed by atoms with Crippen molar-refractivity contribution in [3.63, 3.8) is 0 Å². The third kappa shape index (κ3) is 4.99. The third-order valence-corrected chi connectivity index (χ3v) is 4.40. The van der Waals surface area contributed by atoms with Gasteiger partial charge in [-0.25, -0.2) is 0 Å². The van der Waals surface area contributed by atoms with E-state index in [9.17, 15) is 4.79 Å². The van der Waals surface area contributed by atoms with E-state index in [0.717, 1.165) is 23.5 Å². The highest BCUT2D eigenvalue weighted by molar-refractivity contribution is 5.78. The monoisotopic (exact) mass is 341 g/mol. The predicted molar refractivity (Wildman–Crippen MR) is 100 cm³/mol. The van der Waals surface area contributed by atoms with Gasteiger partial charge in [-0.15, -0.1) is 0 Å². The molecule has 0 N–H and O–H groups in total. The lowest BCUT2D eigenvalue weighted by Crippen LogP contribution is -2.36. The molecule has 0 heterocycles. The lowest BCUT2D eigenvalue weighted by atomic mass is 10.1. The van der Waals surface area contributed by atoms with Crippen LogP contribution in [0.5, 0.6) is 11.5 Å². The minimum absolute atomic E-state index is 0.0302. The van der Waals surface area contributed by atoms with Crippen molar-refractivity contribution in [1.29, 1.82) is 0 Å². The number of rotatable bonds is 8. The van der Waals surface area contributed by atoms with Crippen LogP contribution in [-0.2, 0) is 11.2 Å². The molecule has 0 spiro atoms. The van der Waals surface area contributed by atoms with Crippen molar-refractivity contribution in [2.24, 2.45) is 0 Å². The number of ether oxygens (including phenoxy) is 2. The minimum atomic E-state index is -0.0429. The number of methoxy groups -OCH3 is 1. The van der Waals surface area contributed by atoms with E-state index in [1.807, 2.05) is 67.3 Å². The number of benzene rings is 2. The molecule has 4 nitrogen and oxygen atoms in total. The molecule has 0 bridgehead atoms. The van der Waals surface area contributed by atoms with E-state index in [1.165, 1.54) is 5.56 Å². The lowest BCUT2D eigenvalue weighted by Gasteiger charge is -2.28. The Morgan fingerprint density at radius 2 is 1.80 bits per heavy atom. The van der Waals surface area contributed by atoms with Crippen LogP contribution in [0.25, 0.3) is 0 Å². The van der Waals surface area contributed by atoms with Crippen LogP contribution in [0, 0.1) is 0 Å². The number of hydrogen-bond acceptors (Lipinski definition) is 3. The summed E-state index contributed by atoms with van der Waals surface area (Å²) in [5.74, 6) is 1.48. The molecule has 134 valence electrons. The van der Waals surface area contributed by atoms with Crippen LogP contribution in [0.3, 0.4) is 0 Å². The molecule has 1 amide bonds. The molecule has 1 unspecified atom stereocenters. The van der Waals surface area contributed by atoms with Crippen molar-refractivity contribution in [3.05, 3.63) is 59.7 Å². The maximum Gasteiger partial charge on any atom is 0.260 e. The molecule has 0 saturated carbocycles. The van der Waals surface area contributed by atoms with Crippen LogP contribution in [0.1, 0.15) is 37.9 Å². The highest BCUT2D eigenvalue weighted by Gasteiger charge is 2.20. The minimum Gasteiger partial charge on any atom is -0.497 e. The standard InChI is InChI=1S/C21H27NO3/c1-5-17-10-12-19(13-11-17)25-15-21(23)22(6-2)16(3)18-8-7-9-20(14-18)24-4/h7-14,16H,5-6,15H2,1-4H3. The van der Waals surface area contributed by atoms with Gasteiger partial charge in [-0.1, -0.05) is 31.2 Å². The van der Waals surface area contributed by atoms with Gasteiger partial charge in [0.1, 0.15) is 11.5 Å². The Morgan fingerprint density at radius 3 is 2.40 bits per heavy atom. The van der Waals surface area contributed by atoms with E-state index >= 15 is 0 Å². The van der Waals surface area contributed by atoms with E-state index in [2.05, 4.69) is 6.92 Å². The summed E-state index contributed by atoms with van der Waals surface area (Å²) >= 11 is 0. The van der Waals surface area contributed by atoms with Gasteiger partial charge in [-0.3, -0.25) is 4.79 Å². The van der Waals surface area contributed by atoms with Crippen LogP contribution in [0.2, 0.25) is 0 Å². The number of carbonyl (C=O) groups is 1. The molecule has 2 rings (SSSR count). The maximum atomic E-state index is 12.6. The summed E-state index contributed by atoms with van der Waals surface area (Å²) in [5, 5.41) is 0. The van der Waals surface area contributed by atoms with E-state index < -0.39 is 0 Å². The smallest absolute Gasteiger partial charge is 0.260 e. The average molecular weight is 341 g/mol. The summed E-state index contributed by atoms with van der Waals surface area (Å²) in [5.41, 5.74) is 2.29. The second kappa shape index (κ2) is 9.11. The number of carbonyl (C=O) groups excluding carboxylic acids is 1. The van der Waals surface area contributed by atoms with Crippen molar-refractivity contribution in [1.82, 2.24) is 4.90 Å². The van der Waals surface area contributed by atoms with E-state index in [0.29, 0.717) is 6.54 Å². The highest BCUT2D eigenvalue weighted by Crippen LogP contribution is 2.24. The summed E-state index contributed by atoms with van der Waals surface area (Å²) in [4.78, 5) is 14.4. The summed E-state index contributed by atoms with van der Waals surface area (Å²) < 4.78 is 10.9. The maximum absolute atomic E-state index is 12.6. The first-order valence-corrected chi connectivity index (χ1v) is 8.74. The van der Waals surface area contributed by atoms with Crippen LogP contribution < -0.4 is 9.47 Å². The topological polar surface area (TPSA) is 38.8 Å². The van der Waals surface area contributed by atoms with Gasteiger partial charge < -0.3 is 14.4 Å². The molecule has 4 heteroatoms. The number of nitrogens with zero attached hydrogens (tertiary/aromatic N) is 1.